The maximum absolute atomic E-state index is 5.21. The fraction of sp³-hybridized carbons (Fsp3) is 0.286. The number of nitrogens with one attached hydrogen (secondary N) is 1. The van der Waals surface area contributed by atoms with Crippen LogP contribution in [0.3, 0.4) is 0 Å². The van der Waals surface area contributed by atoms with Crippen LogP contribution in [-0.4, -0.2) is 7.11 Å². The molecular formula is C14H16BrNOS. The Labute approximate surface area is 120 Å². The summed E-state index contributed by atoms with van der Waals surface area (Å²) in [4.78, 5) is 1.32. The van der Waals surface area contributed by atoms with Gasteiger partial charge in [-0.1, -0.05) is 0 Å². The summed E-state index contributed by atoms with van der Waals surface area (Å²) in [5.74, 6) is 0.893. The van der Waals surface area contributed by atoms with Crippen molar-refractivity contribution < 1.29 is 4.74 Å². The Balaban J connectivity index is 2.14. The Morgan fingerprint density at radius 2 is 2.06 bits per heavy atom. The van der Waals surface area contributed by atoms with E-state index in [1.165, 1.54) is 10.4 Å². The zero-order valence-electron chi connectivity index (χ0n) is 10.7. The maximum Gasteiger partial charge on any atom is 0.119 e. The largest absolute Gasteiger partial charge is 0.497 e. The summed E-state index contributed by atoms with van der Waals surface area (Å²) in [6.45, 7) is 4.25. The lowest BCUT2D eigenvalue weighted by atomic mass is 10.1. The Kier molecular flexibility index (Phi) is 4.30. The highest BCUT2D eigenvalue weighted by molar-refractivity contribution is 9.11. The van der Waals surface area contributed by atoms with Crippen molar-refractivity contribution in [3.05, 3.63) is 44.6 Å². The summed E-state index contributed by atoms with van der Waals surface area (Å²) in [7, 11) is 1.69. The van der Waals surface area contributed by atoms with Gasteiger partial charge in [-0.15, -0.1) is 11.3 Å². The van der Waals surface area contributed by atoms with Crippen LogP contribution in [-0.2, 0) is 0 Å². The van der Waals surface area contributed by atoms with Gasteiger partial charge in [0.1, 0.15) is 5.75 Å². The van der Waals surface area contributed by atoms with Crippen molar-refractivity contribution >= 4 is 33.0 Å². The van der Waals surface area contributed by atoms with Gasteiger partial charge in [-0.3, -0.25) is 0 Å². The van der Waals surface area contributed by atoms with E-state index in [0.29, 0.717) is 6.04 Å². The minimum atomic E-state index is 0.299. The number of halogens is 1. The van der Waals surface area contributed by atoms with Gasteiger partial charge >= 0.3 is 0 Å². The van der Waals surface area contributed by atoms with Gasteiger partial charge in [0.2, 0.25) is 0 Å². The Bertz CT molecular complexity index is 538. The minimum absolute atomic E-state index is 0.299. The van der Waals surface area contributed by atoms with Crippen LogP contribution in [0.5, 0.6) is 5.75 Å². The second kappa shape index (κ2) is 5.76. The van der Waals surface area contributed by atoms with E-state index in [1.54, 1.807) is 18.4 Å². The Hall–Kier alpha value is -1.00. The van der Waals surface area contributed by atoms with Gasteiger partial charge in [0.05, 0.1) is 16.9 Å². The zero-order valence-corrected chi connectivity index (χ0v) is 13.1. The molecule has 0 radical (unpaired) electrons. The van der Waals surface area contributed by atoms with E-state index in [4.69, 9.17) is 4.74 Å². The van der Waals surface area contributed by atoms with E-state index in [0.717, 1.165) is 15.2 Å². The number of anilines is 1. The van der Waals surface area contributed by atoms with Crippen LogP contribution in [0.1, 0.15) is 23.4 Å². The number of benzene rings is 1. The van der Waals surface area contributed by atoms with E-state index in [1.807, 2.05) is 12.1 Å². The summed E-state index contributed by atoms with van der Waals surface area (Å²) in [5.41, 5.74) is 2.34. The van der Waals surface area contributed by atoms with Gasteiger partial charge in [-0.2, -0.15) is 0 Å². The molecule has 18 heavy (non-hydrogen) atoms. The molecule has 0 saturated heterocycles. The van der Waals surface area contributed by atoms with Crippen molar-refractivity contribution in [3.63, 3.8) is 0 Å². The number of aryl methyl sites for hydroxylation is 1. The molecule has 2 nitrogen and oxygen atoms in total. The number of hydrogen-bond acceptors (Lipinski definition) is 3. The number of hydrogen-bond donors (Lipinski definition) is 1. The number of rotatable bonds is 4. The Morgan fingerprint density at radius 3 is 2.61 bits per heavy atom. The molecule has 2 rings (SSSR count). The van der Waals surface area contributed by atoms with Crippen molar-refractivity contribution in [2.75, 3.05) is 12.4 Å². The first-order valence-corrected chi connectivity index (χ1v) is 7.37. The molecule has 96 valence electrons. The normalized spacial score (nSPS) is 12.2. The lowest BCUT2D eigenvalue weighted by Gasteiger charge is -2.16. The molecule has 0 amide bonds. The molecule has 1 N–H and O–H groups in total. The van der Waals surface area contributed by atoms with Crippen molar-refractivity contribution in [1.29, 1.82) is 0 Å². The van der Waals surface area contributed by atoms with Crippen molar-refractivity contribution in [2.45, 2.75) is 19.9 Å². The topological polar surface area (TPSA) is 21.3 Å². The molecule has 2 aromatic rings. The molecule has 1 aromatic carbocycles. The molecule has 4 heteroatoms. The average molecular weight is 326 g/mol. The first kappa shape index (κ1) is 13.4. The SMILES string of the molecule is COc1ccc(NC(C)c2ccc(Br)s2)c(C)c1. The predicted octanol–water partition coefficient (Wildman–Crippen LogP) is 5.00. The lowest BCUT2D eigenvalue weighted by Crippen LogP contribution is -2.06. The molecule has 1 unspecified atom stereocenters. The molecule has 0 spiro atoms. The monoisotopic (exact) mass is 325 g/mol. The molecule has 0 saturated carbocycles. The minimum Gasteiger partial charge on any atom is -0.497 e. The zero-order chi connectivity index (χ0) is 13.1. The molecule has 0 bridgehead atoms. The van der Waals surface area contributed by atoms with E-state index < -0.39 is 0 Å². The van der Waals surface area contributed by atoms with Crippen molar-refractivity contribution in [3.8, 4) is 5.75 Å². The van der Waals surface area contributed by atoms with Crippen LogP contribution >= 0.6 is 27.3 Å². The van der Waals surface area contributed by atoms with E-state index >= 15 is 0 Å². The maximum atomic E-state index is 5.21. The third-order valence-corrected chi connectivity index (χ3v) is 4.63. The van der Waals surface area contributed by atoms with E-state index in [2.05, 4.69) is 53.3 Å². The first-order chi connectivity index (χ1) is 8.60. The summed E-state index contributed by atoms with van der Waals surface area (Å²) >= 11 is 5.25. The predicted molar refractivity (Wildman–Crippen MR) is 81.8 cm³/mol. The summed E-state index contributed by atoms with van der Waals surface area (Å²) in [6, 6.07) is 10.6. The summed E-state index contributed by atoms with van der Waals surface area (Å²) < 4.78 is 6.38. The van der Waals surface area contributed by atoms with Gasteiger partial charge in [0, 0.05) is 10.6 Å². The van der Waals surface area contributed by atoms with Gasteiger partial charge in [-0.05, 0) is 65.7 Å². The van der Waals surface area contributed by atoms with Crippen molar-refractivity contribution in [1.82, 2.24) is 0 Å². The standard InChI is InChI=1S/C14H16BrNOS/c1-9-8-11(17-3)4-5-12(9)16-10(2)13-6-7-14(15)18-13/h4-8,10,16H,1-3H3. The fourth-order valence-electron chi connectivity index (χ4n) is 1.79. The van der Waals surface area contributed by atoms with Crippen LogP contribution in [0, 0.1) is 6.92 Å². The first-order valence-electron chi connectivity index (χ1n) is 5.76. The molecule has 0 aliphatic rings. The second-order valence-corrected chi connectivity index (χ2v) is 6.68. The number of thiophene rings is 1. The van der Waals surface area contributed by atoms with Gasteiger partial charge < -0.3 is 10.1 Å². The molecular weight excluding hydrogens is 310 g/mol. The quantitative estimate of drug-likeness (QED) is 0.853. The Morgan fingerprint density at radius 1 is 1.28 bits per heavy atom. The van der Waals surface area contributed by atoms with Crippen LogP contribution in [0.15, 0.2) is 34.1 Å². The smallest absolute Gasteiger partial charge is 0.119 e. The molecule has 0 aliphatic carbocycles. The van der Waals surface area contributed by atoms with Crippen molar-refractivity contribution in [2.24, 2.45) is 0 Å². The van der Waals surface area contributed by atoms with Crippen LogP contribution in [0.25, 0.3) is 0 Å². The molecule has 1 heterocycles. The average Bonchev–Trinajstić information content (AvgIpc) is 2.78. The third-order valence-electron chi connectivity index (χ3n) is 2.83. The fourth-order valence-corrected chi connectivity index (χ4v) is 3.22. The van der Waals surface area contributed by atoms with Crippen LogP contribution in [0.2, 0.25) is 0 Å². The second-order valence-electron chi connectivity index (χ2n) is 4.19. The van der Waals surface area contributed by atoms with Crippen LogP contribution < -0.4 is 10.1 Å². The number of ether oxygens (including phenoxy) is 1. The van der Waals surface area contributed by atoms with Gasteiger partial charge in [0.15, 0.2) is 0 Å². The molecule has 1 atom stereocenters. The summed E-state index contributed by atoms with van der Waals surface area (Å²) in [6.07, 6.45) is 0. The highest BCUT2D eigenvalue weighted by Crippen LogP contribution is 2.30. The molecule has 0 fully saturated rings. The third kappa shape index (κ3) is 3.06. The van der Waals surface area contributed by atoms with E-state index in [-0.39, 0.29) is 0 Å². The van der Waals surface area contributed by atoms with Gasteiger partial charge in [0.25, 0.3) is 0 Å². The van der Waals surface area contributed by atoms with Gasteiger partial charge in [-0.25, -0.2) is 0 Å². The molecule has 1 aromatic heterocycles. The number of methoxy groups -OCH3 is 1. The van der Waals surface area contributed by atoms with E-state index in [9.17, 15) is 0 Å². The summed E-state index contributed by atoms with van der Waals surface area (Å²) in [5, 5.41) is 3.53. The highest BCUT2D eigenvalue weighted by Gasteiger charge is 2.09. The van der Waals surface area contributed by atoms with Crippen LogP contribution in [0.4, 0.5) is 5.69 Å². The highest BCUT2D eigenvalue weighted by atomic mass is 79.9. The molecule has 0 aliphatic heterocycles. The lowest BCUT2D eigenvalue weighted by molar-refractivity contribution is 0.414.